The lowest BCUT2D eigenvalue weighted by atomic mass is 9.65. The first-order valence-corrected chi connectivity index (χ1v) is 8.64. The summed E-state index contributed by atoms with van der Waals surface area (Å²) in [6, 6.07) is 0. The number of allylic oxidation sites excluding steroid dienone is 1. The van der Waals surface area contributed by atoms with Crippen molar-refractivity contribution in [1.29, 1.82) is 0 Å². The van der Waals surface area contributed by atoms with E-state index in [2.05, 4.69) is 13.2 Å². The van der Waals surface area contributed by atoms with Gasteiger partial charge in [0.1, 0.15) is 5.76 Å². The van der Waals surface area contributed by atoms with Crippen molar-refractivity contribution in [2.24, 2.45) is 11.8 Å². The van der Waals surface area contributed by atoms with Gasteiger partial charge in [0.25, 0.3) is 11.2 Å². The zero-order valence-corrected chi connectivity index (χ0v) is 16.1. The Morgan fingerprint density at radius 1 is 0.656 bits per heavy atom. The summed E-state index contributed by atoms with van der Waals surface area (Å²) in [5.41, 5.74) is -11.4. The standard InChI is InChI=1S/C17H18F12O3/c1-7(2)8(3)32-11-5-9(12(30,14(18,19)20)15(21,22)23)4-10(6-11)13(31,16(24,25)26)17(27,28)29/h9-11,30-31H,1,3-6H2,2H3. The topological polar surface area (TPSA) is 49.7 Å². The van der Waals surface area contributed by atoms with E-state index in [4.69, 9.17) is 4.74 Å². The molecular formula is C17H18F12O3. The fraction of sp³-hybridized carbons (Fsp3) is 0.765. The minimum atomic E-state index is -6.53. The summed E-state index contributed by atoms with van der Waals surface area (Å²) in [4.78, 5) is 0. The molecule has 2 unspecified atom stereocenters. The summed E-state index contributed by atoms with van der Waals surface area (Å²) < 4.78 is 164. The normalized spacial score (nSPS) is 24.3. The van der Waals surface area contributed by atoms with Crippen molar-refractivity contribution in [3.05, 3.63) is 24.5 Å². The molecule has 0 aromatic heterocycles. The van der Waals surface area contributed by atoms with Gasteiger partial charge < -0.3 is 14.9 Å². The van der Waals surface area contributed by atoms with Crippen molar-refractivity contribution < 1.29 is 67.6 Å². The molecule has 0 radical (unpaired) electrons. The van der Waals surface area contributed by atoms with E-state index in [-0.39, 0.29) is 5.57 Å². The summed E-state index contributed by atoms with van der Waals surface area (Å²) in [6.45, 7) is 7.64. The molecule has 1 saturated carbocycles. The lowest BCUT2D eigenvalue weighted by molar-refractivity contribution is -0.405. The molecule has 2 N–H and O–H groups in total. The number of hydrogen-bond acceptors (Lipinski definition) is 3. The summed E-state index contributed by atoms with van der Waals surface area (Å²) in [5, 5.41) is 19.1. The Morgan fingerprint density at radius 3 is 1.16 bits per heavy atom. The van der Waals surface area contributed by atoms with Crippen LogP contribution < -0.4 is 0 Å². The largest absolute Gasteiger partial charge is 0.491 e. The van der Waals surface area contributed by atoms with Crippen molar-refractivity contribution in [2.75, 3.05) is 0 Å². The van der Waals surface area contributed by atoms with Gasteiger partial charge in [-0.25, -0.2) is 0 Å². The first-order chi connectivity index (χ1) is 13.9. The van der Waals surface area contributed by atoms with Gasteiger partial charge in [0.05, 0.1) is 6.10 Å². The van der Waals surface area contributed by atoms with E-state index >= 15 is 0 Å². The minimum Gasteiger partial charge on any atom is -0.491 e. The number of ether oxygens (including phenoxy) is 1. The second-order valence-corrected chi connectivity index (χ2v) is 7.57. The van der Waals surface area contributed by atoms with Crippen LogP contribution in [0.2, 0.25) is 0 Å². The fourth-order valence-electron chi connectivity index (χ4n) is 3.59. The third kappa shape index (κ3) is 4.82. The number of rotatable bonds is 5. The van der Waals surface area contributed by atoms with Crippen molar-refractivity contribution in [3.8, 4) is 0 Å². The number of halogens is 12. The van der Waals surface area contributed by atoms with Crippen LogP contribution in [-0.2, 0) is 4.74 Å². The maximum Gasteiger partial charge on any atom is 0.426 e. The number of alkyl halides is 12. The smallest absolute Gasteiger partial charge is 0.426 e. The van der Waals surface area contributed by atoms with E-state index < -0.39 is 78.9 Å². The van der Waals surface area contributed by atoms with Gasteiger partial charge in [0.2, 0.25) is 0 Å². The molecule has 1 fully saturated rings. The molecule has 1 aliphatic carbocycles. The molecule has 0 aromatic carbocycles. The molecule has 188 valence electrons. The molecule has 32 heavy (non-hydrogen) atoms. The van der Waals surface area contributed by atoms with E-state index in [9.17, 15) is 62.9 Å². The quantitative estimate of drug-likeness (QED) is 0.295. The molecule has 0 aromatic rings. The molecular weight excluding hydrogens is 480 g/mol. The Morgan fingerprint density at radius 2 is 0.938 bits per heavy atom. The highest BCUT2D eigenvalue weighted by Gasteiger charge is 2.78. The first kappa shape index (κ1) is 28.4. The van der Waals surface area contributed by atoms with Crippen LogP contribution in [0.25, 0.3) is 0 Å². The molecule has 0 amide bonds. The zero-order valence-electron chi connectivity index (χ0n) is 16.1. The van der Waals surface area contributed by atoms with Gasteiger partial charge in [-0.05, 0) is 31.8 Å². The Balaban J connectivity index is 3.67. The molecule has 15 heteroatoms. The highest BCUT2D eigenvalue weighted by Crippen LogP contribution is 2.58. The molecule has 1 rings (SSSR count). The van der Waals surface area contributed by atoms with Gasteiger partial charge in [-0.15, -0.1) is 0 Å². The van der Waals surface area contributed by atoms with Gasteiger partial charge in [-0.1, -0.05) is 13.2 Å². The van der Waals surface area contributed by atoms with Crippen LogP contribution in [0.4, 0.5) is 52.7 Å². The highest BCUT2D eigenvalue weighted by atomic mass is 19.4. The van der Waals surface area contributed by atoms with Gasteiger partial charge in [-0.3, -0.25) is 0 Å². The Labute approximate surface area is 173 Å². The second-order valence-electron chi connectivity index (χ2n) is 7.57. The average Bonchev–Trinajstić information content (AvgIpc) is 2.55. The Kier molecular flexibility index (Phi) is 7.36. The molecule has 1 aliphatic rings. The molecule has 0 bridgehead atoms. The van der Waals surface area contributed by atoms with E-state index in [1.54, 1.807) is 0 Å². The molecule has 0 saturated heterocycles. The maximum atomic E-state index is 13.2. The lowest BCUT2D eigenvalue weighted by Crippen LogP contribution is -2.67. The molecule has 3 nitrogen and oxygen atoms in total. The van der Waals surface area contributed by atoms with Crippen LogP contribution in [0.3, 0.4) is 0 Å². The van der Waals surface area contributed by atoms with Crippen LogP contribution in [0.5, 0.6) is 0 Å². The van der Waals surface area contributed by atoms with Crippen molar-refractivity contribution in [3.63, 3.8) is 0 Å². The minimum absolute atomic E-state index is 0.0764. The third-order valence-corrected chi connectivity index (χ3v) is 5.36. The van der Waals surface area contributed by atoms with Crippen LogP contribution in [0.15, 0.2) is 24.5 Å². The van der Waals surface area contributed by atoms with E-state index in [0.717, 1.165) is 0 Å². The molecule has 2 atom stereocenters. The second kappa shape index (κ2) is 8.29. The van der Waals surface area contributed by atoms with E-state index in [1.807, 2.05) is 0 Å². The van der Waals surface area contributed by atoms with Crippen molar-refractivity contribution in [1.82, 2.24) is 0 Å². The van der Waals surface area contributed by atoms with Crippen LogP contribution >= 0.6 is 0 Å². The van der Waals surface area contributed by atoms with Crippen LogP contribution in [0, 0.1) is 11.8 Å². The lowest BCUT2D eigenvalue weighted by Gasteiger charge is -2.48. The summed E-state index contributed by atoms with van der Waals surface area (Å²) >= 11 is 0. The SMILES string of the molecule is C=C(C)C(=C)OC1CC(C(O)(C(F)(F)F)C(F)(F)F)CC(C(O)(C(F)(F)F)C(F)(F)F)C1. The molecule has 0 aliphatic heterocycles. The van der Waals surface area contributed by atoms with Crippen LogP contribution in [0.1, 0.15) is 26.2 Å². The van der Waals surface area contributed by atoms with Gasteiger partial charge >= 0.3 is 24.7 Å². The number of aliphatic hydroxyl groups is 2. The summed E-state index contributed by atoms with van der Waals surface area (Å²) in [5.74, 6) is -7.08. The van der Waals surface area contributed by atoms with Gasteiger partial charge in [-0.2, -0.15) is 52.7 Å². The Hall–Kier alpha value is -1.64. The Bertz CT molecular complexity index is 642. The summed E-state index contributed by atoms with van der Waals surface area (Å²) in [6.07, 6.45) is -33.2. The van der Waals surface area contributed by atoms with Gasteiger partial charge in [0, 0.05) is 11.8 Å². The van der Waals surface area contributed by atoms with E-state index in [0.29, 0.717) is 0 Å². The van der Waals surface area contributed by atoms with E-state index in [1.165, 1.54) is 6.92 Å². The first-order valence-electron chi connectivity index (χ1n) is 8.64. The van der Waals surface area contributed by atoms with Crippen molar-refractivity contribution >= 4 is 0 Å². The predicted octanol–water partition coefficient (Wildman–Crippen LogP) is 5.59. The third-order valence-electron chi connectivity index (χ3n) is 5.36. The highest BCUT2D eigenvalue weighted by molar-refractivity contribution is 5.17. The molecule has 0 spiro atoms. The monoisotopic (exact) mass is 498 g/mol. The van der Waals surface area contributed by atoms with Crippen LogP contribution in [-0.4, -0.2) is 52.2 Å². The zero-order chi connectivity index (χ0) is 25.7. The van der Waals surface area contributed by atoms with Crippen molar-refractivity contribution in [2.45, 2.75) is 68.2 Å². The predicted molar refractivity (Wildman–Crippen MR) is 83.8 cm³/mol. The van der Waals surface area contributed by atoms with Gasteiger partial charge in [0.15, 0.2) is 0 Å². The average molecular weight is 498 g/mol. The number of hydrogen-bond donors (Lipinski definition) is 2. The summed E-state index contributed by atoms with van der Waals surface area (Å²) in [7, 11) is 0. The maximum absolute atomic E-state index is 13.2. The fourth-order valence-corrected chi connectivity index (χ4v) is 3.59. The molecule has 0 heterocycles.